The number of carbonyl (C=O) groups excluding carboxylic acids is 1. The van der Waals surface area contributed by atoms with E-state index in [4.69, 9.17) is 19.3 Å². The fourth-order valence-electron chi connectivity index (χ4n) is 4.77. The van der Waals surface area contributed by atoms with E-state index in [2.05, 4.69) is 23.2 Å². The Hall–Kier alpha value is -3.22. The van der Waals surface area contributed by atoms with Crippen LogP contribution in [-0.2, 0) is 4.74 Å². The molecule has 0 unspecified atom stereocenters. The molecule has 0 bridgehead atoms. The van der Waals surface area contributed by atoms with Crippen LogP contribution in [0.5, 0.6) is 11.5 Å². The molecule has 0 aromatic heterocycles. The van der Waals surface area contributed by atoms with Crippen LogP contribution in [0.1, 0.15) is 43.4 Å². The Morgan fingerprint density at radius 3 is 2.61 bits per heavy atom. The van der Waals surface area contributed by atoms with E-state index in [-0.39, 0.29) is 12.1 Å². The molecule has 0 radical (unpaired) electrons. The van der Waals surface area contributed by atoms with Gasteiger partial charge in [-0.1, -0.05) is 18.2 Å². The molecule has 7 heteroatoms. The zero-order valence-corrected chi connectivity index (χ0v) is 17.9. The molecule has 1 amide bonds. The maximum atomic E-state index is 12.2. The fraction of sp³-hybridized carbons (Fsp3) is 0.417. The number of benzene rings is 2. The van der Waals surface area contributed by atoms with Crippen molar-refractivity contribution in [3.63, 3.8) is 0 Å². The molecule has 3 aliphatic heterocycles. The number of ether oxygens (including phenoxy) is 3. The number of methoxy groups -OCH3 is 1. The smallest absolute Gasteiger partial charge is 0.409 e. The predicted molar refractivity (Wildman–Crippen MR) is 116 cm³/mol. The minimum atomic E-state index is -0.559. The number of para-hydroxylation sites is 1. The van der Waals surface area contributed by atoms with Crippen molar-refractivity contribution in [1.29, 1.82) is 0 Å². The third-order valence-corrected chi connectivity index (χ3v) is 6.40. The monoisotopic (exact) mass is 421 g/mol. The number of piperidine rings is 1. The lowest BCUT2D eigenvalue weighted by molar-refractivity contribution is -0.147. The van der Waals surface area contributed by atoms with Gasteiger partial charge in [-0.05, 0) is 42.8 Å². The molecular weight excluding hydrogens is 394 g/mol. The Bertz CT molecular complexity index is 996. The van der Waals surface area contributed by atoms with E-state index in [1.807, 2.05) is 37.3 Å². The molecule has 2 aromatic rings. The van der Waals surface area contributed by atoms with Crippen molar-refractivity contribution in [2.75, 3.05) is 26.8 Å². The molecule has 7 nitrogen and oxygen atoms in total. The van der Waals surface area contributed by atoms with Gasteiger partial charge < -0.3 is 19.1 Å². The van der Waals surface area contributed by atoms with E-state index in [0.29, 0.717) is 32.5 Å². The quantitative estimate of drug-likeness (QED) is 0.744. The summed E-state index contributed by atoms with van der Waals surface area (Å²) < 4.78 is 17.1. The van der Waals surface area contributed by atoms with Crippen LogP contribution in [0.15, 0.2) is 53.6 Å². The first-order chi connectivity index (χ1) is 15.1. The molecule has 3 aliphatic rings. The van der Waals surface area contributed by atoms with Crippen molar-refractivity contribution in [3.05, 3.63) is 59.7 Å². The normalized spacial score (nSPS) is 21.1. The number of amides is 1. The van der Waals surface area contributed by atoms with Crippen molar-refractivity contribution in [2.45, 2.75) is 38.0 Å². The lowest BCUT2D eigenvalue weighted by atomic mass is 9.91. The second-order valence-corrected chi connectivity index (χ2v) is 8.11. The number of nitrogens with zero attached hydrogens (tertiary/aromatic N) is 3. The van der Waals surface area contributed by atoms with Crippen molar-refractivity contribution < 1.29 is 19.0 Å². The van der Waals surface area contributed by atoms with Crippen LogP contribution < -0.4 is 9.47 Å². The summed E-state index contributed by atoms with van der Waals surface area (Å²) in [4.78, 5) is 14.0. The Morgan fingerprint density at radius 1 is 1.16 bits per heavy atom. The van der Waals surface area contributed by atoms with Gasteiger partial charge in [-0.15, -0.1) is 0 Å². The Kier molecular flexibility index (Phi) is 4.96. The summed E-state index contributed by atoms with van der Waals surface area (Å²) in [7, 11) is 1.67. The first-order valence-corrected chi connectivity index (χ1v) is 10.8. The van der Waals surface area contributed by atoms with Crippen LogP contribution in [0.2, 0.25) is 0 Å². The van der Waals surface area contributed by atoms with E-state index in [1.54, 1.807) is 12.0 Å². The van der Waals surface area contributed by atoms with Gasteiger partial charge in [-0.3, -0.25) is 0 Å². The summed E-state index contributed by atoms with van der Waals surface area (Å²) >= 11 is 0. The zero-order valence-electron chi connectivity index (χ0n) is 17.9. The van der Waals surface area contributed by atoms with E-state index < -0.39 is 5.72 Å². The second-order valence-electron chi connectivity index (χ2n) is 8.11. The van der Waals surface area contributed by atoms with Gasteiger partial charge in [0.15, 0.2) is 0 Å². The van der Waals surface area contributed by atoms with Gasteiger partial charge in [0.05, 0.1) is 25.5 Å². The summed E-state index contributed by atoms with van der Waals surface area (Å²) in [5.74, 6) is 1.75. The topological polar surface area (TPSA) is 63.6 Å². The van der Waals surface area contributed by atoms with Crippen molar-refractivity contribution in [1.82, 2.24) is 9.91 Å². The van der Waals surface area contributed by atoms with E-state index in [9.17, 15) is 4.79 Å². The van der Waals surface area contributed by atoms with Crippen LogP contribution in [0.25, 0.3) is 0 Å². The summed E-state index contributed by atoms with van der Waals surface area (Å²) in [5.41, 5.74) is 2.73. The fourth-order valence-corrected chi connectivity index (χ4v) is 4.77. The van der Waals surface area contributed by atoms with Gasteiger partial charge in [0.1, 0.15) is 11.5 Å². The molecule has 2 aromatic carbocycles. The molecule has 5 rings (SSSR count). The van der Waals surface area contributed by atoms with Crippen LogP contribution in [0.4, 0.5) is 4.79 Å². The Balaban J connectivity index is 1.46. The number of rotatable bonds is 3. The lowest BCUT2D eigenvalue weighted by Crippen LogP contribution is -2.59. The zero-order chi connectivity index (χ0) is 21.4. The molecule has 3 heterocycles. The van der Waals surface area contributed by atoms with Crippen molar-refractivity contribution in [2.24, 2.45) is 5.10 Å². The first-order valence-electron chi connectivity index (χ1n) is 10.8. The standard InChI is InChI=1S/C24H27N3O4/c1-3-30-23(28)26-14-12-24(13-15-26)27-21(19-6-4-5-7-22(19)31-24)16-20(25-27)17-8-10-18(29-2)11-9-17/h4-11,21H,3,12-16H2,1-2H3/t21-/m0/s1. The van der Waals surface area contributed by atoms with Crippen LogP contribution in [0, 0.1) is 0 Å². The first kappa shape index (κ1) is 19.7. The van der Waals surface area contributed by atoms with Crippen molar-refractivity contribution >= 4 is 11.8 Å². The third-order valence-electron chi connectivity index (χ3n) is 6.40. The molecule has 0 saturated carbocycles. The summed E-state index contributed by atoms with van der Waals surface area (Å²) in [5, 5.41) is 7.22. The summed E-state index contributed by atoms with van der Waals surface area (Å²) in [6.45, 7) is 3.37. The lowest BCUT2D eigenvalue weighted by Gasteiger charge is -2.50. The highest BCUT2D eigenvalue weighted by atomic mass is 16.6. The van der Waals surface area contributed by atoms with Crippen LogP contribution in [-0.4, -0.2) is 54.2 Å². The molecular formula is C24H27N3O4. The Labute approximate surface area is 182 Å². The van der Waals surface area contributed by atoms with Gasteiger partial charge in [-0.25, -0.2) is 9.80 Å². The summed E-state index contributed by atoms with van der Waals surface area (Å²) in [6.07, 6.45) is 1.91. The molecule has 0 N–H and O–H groups in total. The number of fused-ring (bicyclic) bond motifs is 4. The van der Waals surface area contributed by atoms with E-state index >= 15 is 0 Å². The third kappa shape index (κ3) is 3.38. The molecule has 31 heavy (non-hydrogen) atoms. The number of carbonyl (C=O) groups is 1. The number of hydrogen-bond acceptors (Lipinski definition) is 6. The minimum Gasteiger partial charge on any atom is -0.497 e. The molecule has 1 spiro atoms. The number of hydrazone groups is 1. The SMILES string of the molecule is CCOC(=O)N1CCC2(CC1)Oc1ccccc1[C@@H]1CC(c3ccc(OC)cc3)=NN12. The van der Waals surface area contributed by atoms with Gasteiger partial charge in [-0.2, -0.15) is 5.10 Å². The Morgan fingerprint density at radius 2 is 1.90 bits per heavy atom. The second kappa shape index (κ2) is 7.80. The molecule has 1 saturated heterocycles. The summed E-state index contributed by atoms with van der Waals surface area (Å²) in [6, 6.07) is 16.4. The van der Waals surface area contributed by atoms with Gasteiger partial charge in [0, 0.05) is 37.9 Å². The van der Waals surface area contributed by atoms with Crippen LogP contribution in [0.3, 0.4) is 0 Å². The molecule has 1 fully saturated rings. The highest BCUT2D eigenvalue weighted by molar-refractivity contribution is 6.02. The maximum absolute atomic E-state index is 12.2. The number of hydrogen-bond donors (Lipinski definition) is 0. The predicted octanol–water partition coefficient (Wildman–Crippen LogP) is 4.19. The average Bonchev–Trinajstić information content (AvgIpc) is 3.27. The molecule has 0 aliphatic carbocycles. The molecule has 1 atom stereocenters. The van der Waals surface area contributed by atoms with Crippen LogP contribution >= 0.6 is 0 Å². The maximum Gasteiger partial charge on any atom is 0.409 e. The van der Waals surface area contributed by atoms with E-state index in [1.165, 1.54) is 0 Å². The number of likely N-dealkylation sites (tertiary alicyclic amines) is 1. The van der Waals surface area contributed by atoms with Gasteiger partial charge in [0.25, 0.3) is 0 Å². The average molecular weight is 421 g/mol. The van der Waals surface area contributed by atoms with Gasteiger partial charge >= 0.3 is 6.09 Å². The van der Waals surface area contributed by atoms with Crippen molar-refractivity contribution in [3.8, 4) is 11.5 Å². The minimum absolute atomic E-state index is 0.121. The largest absolute Gasteiger partial charge is 0.497 e. The highest BCUT2D eigenvalue weighted by Gasteiger charge is 2.52. The van der Waals surface area contributed by atoms with Gasteiger partial charge in [0.2, 0.25) is 5.72 Å². The molecule has 162 valence electrons. The highest BCUT2D eigenvalue weighted by Crippen LogP contribution is 2.49. The van der Waals surface area contributed by atoms with E-state index in [0.717, 1.165) is 34.8 Å².